The van der Waals surface area contributed by atoms with Crippen LogP contribution in [0.5, 0.6) is 0 Å². The van der Waals surface area contributed by atoms with Gasteiger partial charge in [-0.05, 0) is 48.9 Å². The third-order valence-corrected chi connectivity index (χ3v) is 8.93. The number of nitrogens with one attached hydrogen (secondary N) is 2. The van der Waals surface area contributed by atoms with E-state index in [1.54, 1.807) is 29.0 Å². The molecule has 4 aromatic heterocycles. The van der Waals surface area contributed by atoms with Crippen LogP contribution in [-0.2, 0) is 9.53 Å². The van der Waals surface area contributed by atoms with E-state index in [1.807, 2.05) is 30.5 Å². The molecule has 2 N–H and O–H groups in total. The summed E-state index contributed by atoms with van der Waals surface area (Å²) in [6.45, 7) is 4.65. The average Bonchev–Trinajstić information content (AvgIpc) is 3.61. The maximum Gasteiger partial charge on any atom is 0.217 e. The Hall–Kier alpha value is -4.08. The van der Waals surface area contributed by atoms with Gasteiger partial charge in [0.1, 0.15) is 6.07 Å². The highest BCUT2D eigenvalue weighted by Crippen LogP contribution is 2.41. The van der Waals surface area contributed by atoms with Crippen LogP contribution in [0.2, 0.25) is 0 Å². The quantitative estimate of drug-likeness (QED) is 0.378. The Morgan fingerprint density at radius 3 is 2.69 bits per heavy atom. The monoisotopic (exact) mass is 541 g/mol. The van der Waals surface area contributed by atoms with Gasteiger partial charge in [0.25, 0.3) is 0 Å². The summed E-state index contributed by atoms with van der Waals surface area (Å²) >= 11 is 1.57. The first-order valence-electron chi connectivity index (χ1n) is 13.1. The van der Waals surface area contributed by atoms with E-state index in [1.165, 1.54) is 0 Å². The van der Waals surface area contributed by atoms with Crippen molar-refractivity contribution >= 4 is 33.6 Å². The molecule has 39 heavy (non-hydrogen) atoms. The van der Waals surface area contributed by atoms with Crippen LogP contribution in [0.1, 0.15) is 25.3 Å². The molecule has 4 aromatic rings. The fourth-order valence-electron chi connectivity index (χ4n) is 5.98. The fraction of sp³-hybridized carbons (Fsp3) is 0.407. The van der Waals surface area contributed by atoms with Crippen molar-refractivity contribution in [1.82, 2.24) is 30.1 Å². The number of carbonyl (C=O) groups is 1. The van der Waals surface area contributed by atoms with Crippen LogP contribution in [0, 0.1) is 23.2 Å². The Kier molecular flexibility index (Phi) is 5.90. The number of hydrogen-bond acceptors (Lipinski definition) is 10. The molecule has 0 spiro atoms. The van der Waals surface area contributed by atoms with Gasteiger partial charge in [-0.15, -0.1) is 10.2 Å². The summed E-state index contributed by atoms with van der Waals surface area (Å²) in [6.07, 6.45) is 5.66. The molecule has 1 saturated carbocycles. The molecule has 1 amide bonds. The second kappa shape index (κ2) is 9.59. The number of carbonyl (C=O) groups excluding carboxylic acids is 1. The molecule has 0 radical (unpaired) electrons. The van der Waals surface area contributed by atoms with Crippen LogP contribution >= 0.6 is 11.3 Å². The Bertz CT molecular complexity index is 1590. The second-order valence-corrected chi connectivity index (χ2v) is 11.5. The predicted molar refractivity (Wildman–Crippen MR) is 146 cm³/mol. The molecule has 0 aromatic carbocycles. The molecule has 2 bridgehead atoms. The van der Waals surface area contributed by atoms with E-state index in [4.69, 9.17) is 9.72 Å². The minimum Gasteiger partial charge on any atom is -0.377 e. The number of ether oxygens (including phenoxy) is 1. The lowest BCUT2D eigenvalue weighted by molar-refractivity contribution is -0.120. The van der Waals surface area contributed by atoms with Gasteiger partial charge in [0.05, 0.1) is 53.5 Å². The van der Waals surface area contributed by atoms with Gasteiger partial charge in [-0.3, -0.25) is 9.78 Å². The number of anilines is 2. The predicted octanol–water partition coefficient (Wildman–Crippen LogP) is 2.95. The molecule has 7 rings (SSSR count). The topological polar surface area (TPSA) is 133 Å². The number of nitrogens with zero attached hydrogens (tertiary/aromatic N) is 7. The summed E-state index contributed by atoms with van der Waals surface area (Å²) in [4.78, 5) is 18.8. The van der Waals surface area contributed by atoms with Crippen molar-refractivity contribution in [2.24, 2.45) is 11.8 Å². The molecule has 1 aliphatic carbocycles. The van der Waals surface area contributed by atoms with Crippen molar-refractivity contribution in [2.75, 3.05) is 36.5 Å². The van der Waals surface area contributed by atoms with Gasteiger partial charge < -0.3 is 20.3 Å². The highest BCUT2D eigenvalue weighted by atomic mass is 32.1. The maximum absolute atomic E-state index is 11.7. The van der Waals surface area contributed by atoms with Crippen LogP contribution in [0.4, 0.5) is 10.8 Å². The smallest absolute Gasteiger partial charge is 0.217 e. The zero-order valence-electron chi connectivity index (χ0n) is 21.4. The van der Waals surface area contributed by atoms with Crippen LogP contribution in [-0.4, -0.2) is 69.1 Å². The Morgan fingerprint density at radius 2 is 1.97 bits per heavy atom. The van der Waals surface area contributed by atoms with Gasteiger partial charge in [-0.2, -0.15) is 10.4 Å². The molecular formula is C27H27N9O2S. The standard InChI is InChI=1S/C27H27N9O2S/c1-15(37)31-25-17-2-3-18(25)12-35(11-17)27-34-33-26(39-27)21-10-29-23(7-22(21)32-19-13-38-14-19)24-5-4-20-6-16(8-28)9-30-36(20)24/h4-7,9-10,17-19,25H,2-3,11-14H2,1H3,(H,29,32)(H,31,37)/t17-,18+,25+. The molecule has 11 nitrogen and oxygen atoms in total. The first-order valence-corrected chi connectivity index (χ1v) is 14.0. The van der Waals surface area contributed by atoms with Crippen LogP contribution in [0.15, 0.2) is 36.7 Å². The van der Waals surface area contributed by atoms with Crippen molar-refractivity contribution in [3.05, 3.63) is 42.2 Å². The lowest BCUT2D eigenvalue weighted by atomic mass is 9.92. The summed E-state index contributed by atoms with van der Waals surface area (Å²) in [6, 6.07) is 10.3. The van der Waals surface area contributed by atoms with Gasteiger partial charge in [0, 0.05) is 37.9 Å². The van der Waals surface area contributed by atoms with Gasteiger partial charge in [-0.25, -0.2) is 4.52 Å². The lowest BCUT2D eigenvalue weighted by Gasteiger charge is -2.37. The van der Waals surface area contributed by atoms with Crippen molar-refractivity contribution in [3.8, 4) is 28.0 Å². The largest absolute Gasteiger partial charge is 0.377 e. The van der Waals surface area contributed by atoms with Gasteiger partial charge in [0.15, 0.2) is 5.01 Å². The zero-order valence-corrected chi connectivity index (χ0v) is 22.2. The first kappa shape index (κ1) is 24.0. The van der Waals surface area contributed by atoms with Crippen LogP contribution < -0.4 is 15.5 Å². The van der Waals surface area contributed by atoms with E-state index in [0.29, 0.717) is 30.6 Å². The molecule has 3 aliphatic rings. The highest BCUT2D eigenvalue weighted by molar-refractivity contribution is 7.18. The van der Waals surface area contributed by atoms with Gasteiger partial charge in [0.2, 0.25) is 11.0 Å². The number of rotatable bonds is 6. The third-order valence-electron chi connectivity index (χ3n) is 7.91. The molecule has 3 atom stereocenters. The van der Waals surface area contributed by atoms with Crippen LogP contribution in [0.3, 0.4) is 0 Å². The average molecular weight is 542 g/mol. The lowest BCUT2D eigenvalue weighted by Crippen LogP contribution is -2.52. The van der Waals surface area contributed by atoms with E-state index in [-0.39, 0.29) is 18.0 Å². The Morgan fingerprint density at radius 1 is 1.15 bits per heavy atom. The van der Waals surface area contributed by atoms with Crippen molar-refractivity contribution in [1.29, 1.82) is 5.26 Å². The SMILES string of the molecule is CC(=O)N[C@H]1[C@@H]2CC[C@H]1CN(c1nnc(-c3cnc(-c4ccc5cc(C#N)cnn45)cc3NC3COC3)s1)C2. The molecule has 198 valence electrons. The minimum absolute atomic E-state index is 0.0484. The second-order valence-electron chi connectivity index (χ2n) is 10.5. The Labute approximate surface area is 228 Å². The summed E-state index contributed by atoms with van der Waals surface area (Å²) < 4.78 is 7.19. The van der Waals surface area contributed by atoms with Crippen molar-refractivity contribution < 1.29 is 9.53 Å². The summed E-state index contributed by atoms with van der Waals surface area (Å²) in [5, 5.41) is 31.3. The molecule has 2 saturated heterocycles. The van der Waals surface area contributed by atoms with Crippen molar-refractivity contribution in [2.45, 2.75) is 31.8 Å². The molecule has 12 heteroatoms. The van der Waals surface area contributed by atoms with Crippen molar-refractivity contribution in [3.63, 3.8) is 0 Å². The minimum atomic E-state index is 0.0484. The maximum atomic E-state index is 11.7. The molecular weight excluding hydrogens is 514 g/mol. The normalized spacial score (nSPS) is 22.5. The number of amides is 1. The zero-order chi connectivity index (χ0) is 26.5. The molecule has 2 aliphatic heterocycles. The van der Waals surface area contributed by atoms with E-state index in [0.717, 1.165) is 64.2 Å². The van der Waals surface area contributed by atoms with Gasteiger partial charge >= 0.3 is 0 Å². The molecule has 3 fully saturated rings. The number of aromatic nitrogens is 5. The number of hydrogen-bond donors (Lipinski definition) is 2. The number of fused-ring (bicyclic) bond motifs is 3. The summed E-state index contributed by atoms with van der Waals surface area (Å²) in [5.41, 5.74) is 4.77. The van der Waals surface area contributed by atoms with E-state index in [2.05, 4.69) is 36.9 Å². The van der Waals surface area contributed by atoms with E-state index < -0.39 is 0 Å². The molecule has 6 heterocycles. The first-order chi connectivity index (χ1) is 19.1. The number of nitriles is 1. The summed E-state index contributed by atoms with van der Waals surface area (Å²) in [7, 11) is 0. The highest BCUT2D eigenvalue weighted by Gasteiger charge is 2.43. The molecule has 0 unspecified atom stereocenters. The number of pyridine rings is 1. The van der Waals surface area contributed by atoms with E-state index in [9.17, 15) is 10.1 Å². The van der Waals surface area contributed by atoms with Gasteiger partial charge in [-0.1, -0.05) is 11.3 Å². The Balaban J connectivity index is 1.19. The summed E-state index contributed by atoms with van der Waals surface area (Å²) in [5.74, 6) is 0.922. The van der Waals surface area contributed by atoms with E-state index >= 15 is 0 Å². The van der Waals surface area contributed by atoms with Crippen LogP contribution in [0.25, 0.3) is 27.5 Å². The number of piperidine rings is 1. The third kappa shape index (κ3) is 4.37. The fourth-order valence-corrected chi connectivity index (χ4v) is 6.87.